The molecule has 2 N–H and O–H groups in total. The highest BCUT2D eigenvalue weighted by Gasteiger charge is 2.10. The fraction of sp³-hybridized carbons (Fsp3) is 0.438. The summed E-state index contributed by atoms with van der Waals surface area (Å²) >= 11 is 0. The third kappa shape index (κ3) is 3.37. The summed E-state index contributed by atoms with van der Waals surface area (Å²) in [6.45, 7) is 4.48. The molecule has 3 heteroatoms. The zero-order chi connectivity index (χ0) is 13.7. The molecule has 2 rings (SSSR count). The normalized spacial score (nSPS) is 10.8. The first kappa shape index (κ1) is 13.7. The lowest BCUT2D eigenvalue weighted by atomic mass is 10.0. The van der Waals surface area contributed by atoms with Crippen LogP contribution in [-0.4, -0.2) is 17.4 Å². The number of nitrogens with one attached hydrogen (secondary N) is 2. The van der Waals surface area contributed by atoms with E-state index >= 15 is 0 Å². The SMILES string of the molecule is CCCCc1[nH]c2ccccc2c1CCNC(C)=O. The summed E-state index contributed by atoms with van der Waals surface area (Å²) in [6.07, 6.45) is 4.36. The highest BCUT2D eigenvalue weighted by Crippen LogP contribution is 2.24. The number of H-pyrrole nitrogens is 1. The van der Waals surface area contributed by atoms with E-state index in [1.54, 1.807) is 6.92 Å². The Bertz CT molecular complexity index is 557. The van der Waals surface area contributed by atoms with Gasteiger partial charge in [-0.25, -0.2) is 0 Å². The van der Waals surface area contributed by atoms with Gasteiger partial charge in [0.2, 0.25) is 5.91 Å². The Morgan fingerprint density at radius 3 is 2.79 bits per heavy atom. The number of amides is 1. The first-order valence-corrected chi connectivity index (χ1v) is 7.05. The van der Waals surface area contributed by atoms with Crippen molar-refractivity contribution < 1.29 is 4.79 Å². The van der Waals surface area contributed by atoms with Crippen LogP contribution in [0, 0.1) is 0 Å². The zero-order valence-electron chi connectivity index (χ0n) is 11.8. The minimum absolute atomic E-state index is 0.0370. The van der Waals surface area contributed by atoms with E-state index in [1.165, 1.54) is 35.0 Å². The van der Waals surface area contributed by atoms with E-state index in [0.717, 1.165) is 12.8 Å². The lowest BCUT2D eigenvalue weighted by Crippen LogP contribution is -2.22. The fourth-order valence-electron chi connectivity index (χ4n) is 2.47. The third-order valence-corrected chi connectivity index (χ3v) is 3.43. The molecule has 1 aromatic carbocycles. The van der Waals surface area contributed by atoms with Crippen molar-refractivity contribution in [2.24, 2.45) is 0 Å². The van der Waals surface area contributed by atoms with Gasteiger partial charge in [0, 0.05) is 30.1 Å². The molecule has 1 heterocycles. The maximum absolute atomic E-state index is 11.0. The highest BCUT2D eigenvalue weighted by molar-refractivity contribution is 5.84. The van der Waals surface area contributed by atoms with Crippen LogP contribution >= 0.6 is 0 Å². The van der Waals surface area contributed by atoms with Crippen LogP contribution < -0.4 is 5.32 Å². The van der Waals surface area contributed by atoms with Gasteiger partial charge in [0.15, 0.2) is 0 Å². The number of carbonyl (C=O) groups excluding carboxylic acids is 1. The number of para-hydroxylation sites is 1. The molecule has 0 aliphatic rings. The molecule has 0 radical (unpaired) electrons. The van der Waals surface area contributed by atoms with Crippen LogP contribution in [0.15, 0.2) is 24.3 Å². The number of aromatic nitrogens is 1. The zero-order valence-corrected chi connectivity index (χ0v) is 11.8. The standard InChI is InChI=1S/C16H22N2O/c1-3-4-8-15-14(10-11-17-12(2)19)13-7-5-6-9-16(13)18-15/h5-7,9,18H,3-4,8,10-11H2,1-2H3,(H,17,19). The number of aromatic amines is 1. The predicted octanol–water partition coefficient (Wildman–Crippen LogP) is 3.19. The molecule has 0 fully saturated rings. The predicted molar refractivity (Wildman–Crippen MR) is 79.3 cm³/mol. The fourth-order valence-corrected chi connectivity index (χ4v) is 2.47. The van der Waals surface area contributed by atoms with E-state index in [2.05, 4.69) is 41.5 Å². The molecule has 0 spiro atoms. The Labute approximate surface area is 114 Å². The molecule has 0 aliphatic carbocycles. The average Bonchev–Trinajstić information content (AvgIpc) is 2.74. The topological polar surface area (TPSA) is 44.9 Å². The largest absolute Gasteiger partial charge is 0.358 e. The summed E-state index contributed by atoms with van der Waals surface area (Å²) < 4.78 is 0. The molecule has 102 valence electrons. The minimum Gasteiger partial charge on any atom is -0.358 e. The molecule has 0 bridgehead atoms. The molecule has 2 aromatic rings. The van der Waals surface area contributed by atoms with Gasteiger partial charge in [-0.15, -0.1) is 0 Å². The quantitative estimate of drug-likeness (QED) is 0.821. The van der Waals surface area contributed by atoms with Gasteiger partial charge in [-0.1, -0.05) is 31.5 Å². The molecule has 19 heavy (non-hydrogen) atoms. The van der Waals surface area contributed by atoms with Crippen molar-refractivity contribution in [3.63, 3.8) is 0 Å². The van der Waals surface area contributed by atoms with Crippen LogP contribution in [0.25, 0.3) is 10.9 Å². The molecule has 1 aromatic heterocycles. The second kappa shape index (κ2) is 6.41. The molecular weight excluding hydrogens is 236 g/mol. The van der Waals surface area contributed by atoms with Gasteiger partial charge in [-0.05, 0) is 30.9 Å². The van der Waals surface area contributed by atoms with E-state index in [-0.39, 0.29) is 5.91 Å². The van der Waals surface area contributed by atoms with E-state index in [1.807, 2.05) is 0 Å². The van der Waals surface area contributed by atoms with E-state index in [0.29, 0.717) is 6.54 Å². The summed E-state index contributed by atoms with van der Waals surface area (Å²) in [5.74, 6) is 0.0370. The van der Waals surface area contributed by atoms with E-state index in [9.17, 15) is 4.79 Å². The maximum atomic E-state index is 11.0. The third-order valence-electron chi connectivity index (χ3n) is 3.43. The average molecular weight is 258 g/mol. The van der Waals surface area contributed by atoms with Gasteiger partial charge in [-0.2, -0.15) is 0 Å². The van der Waals surface area contributed by atoms with E-state index in [4.69, 9.17) is 0 Å². The van der Waals surface area contributed by atoms with Crippen LogP contribution in [0.5, 0.6) is 0 Å². The van der Waals surface area contributed by atoms with Gasteiger partial charge in [0.05, 0.1) is 0 Å². The summed E-state index contributed by atoms with van der Waals surface area (Å²) in [4.78, 5) is 14.5. The minimum atomic E-state index is 0.0370. The van der Waals surface area contributed by atoms with Gasteiger partial charge < -0.3 is 10.3 Å². The number of carbonyl (C=O) groups is 1. The molecular formula is C16H22N2O. The summed E-state index contributed by atoms with van der Waals surface area (Å²) in [5, 5.41) is 4.17. The van der Waals surface area contributed by atoms with Gasteiger partial charge in [0.25, 0.3) is 0 Å². The van der Waals surface area contributed by atoms with Crippen molar-refractivity contribution in [2.75, 3.05) is 6.54 Å². The summed E-state index contributed by atoms with van der Waals surface area (Å²) in [6, 6.07) is 8.40. The Kier molecular flexibility index (Phi) is 4.61. The van der Waals surface area contributed by atoms with Gasteiger partial charge >= 0.3 is 0 Å². The maximum Gasteiger partial charge on any atom is 0.216 e. The van der Waals surface area contributed by atoms with Crippen molar-refractivity contribution in [3.8, 4) is 0 Å². The van der Waals surface area contributed by atoms with Crippen LogP contribution in [0.4, 0.5) is 0 Å². The Hall–Kier alpha value is -1.77. The Balaban J connectivity index is 2.23. The number of unbranched alkanes of at least 4 members (excludes halogenated alkanes) is 1. The Morgan fingerprint density at radius 2 is 2.05 bits per heavy atom. The first-order valence-electron chi connectivity index (χ1n) is 7.05. The van der Waals surface area contributed by atoms with Crippen molar-refractivity contribution in [2.45, 2.75) is 39.5 Å². The first-order chi connectivity index (χ1) is 9.22. The van der Waals surface area contributed by atoms with Crippen molar-refractivity contribution >= 4 is 16.8 Å². The number of benzene rings is 1. The lowest BCUT2D eigenvalue weighted by Gasteiger charge is -2.05. The number of aryl methyl sites for hydroxylation is 1. The lowest BCUT2D eigenvalue weighted by molar-refractivity contribution is -0.118. The number of hydrogen-bond acceptors (Lipinski definition) is 1. The van der Waals surface area contributed by atoms with E-state index < -0.39 is 0 Å². The second-order valence-electron chi connectivity index (χ2n) is 4.96. The monoisotopic (exact) mass is 258 g/mol. The summed E-state index contributed by atoms with van der Waals surface area (Å²) in [5.41, 5.74) is 3.89. The molecule has 0 unspecified atom stereocenters. The molecule has 0 saturated carbocycles. The van der Waals surface area contributed by atoms with Crippen molar-refractivity contribution in [1.82, 2.24) is 10.3 Å². The molecule has 1 amide bonds. The van der Waals surface area contributed by atoms with Crippen LogP contribution in [0.2, 0.25) is 0 Å². The molecule has 0 aliphatic heterocycles. The molecule has 0 atom stereocenters. The van der Waals surface area contributed by atoms with Crippen LogP contribution in [-0.2, 0) is 17.6 Å². The summed E-state index contributed by atoms with van der Waals surface area (Å²) in [7, 11) is 0. The number of fused-ring (bicyclic) bond motifs is 1. The number of hydrogen-bond donors (Lipinski definition) is 2. The van der Waals surface area contributed by atoms with Gasteiger partial charge in [0.1, 0.15) is 0 Å². The second-order valence-corrected chi connectivity index (χ2v) is 4.96. The molecule has 0 saturated heterocycles. The van der Waals surface area contributed by atoms with Crippen LogP contribution in [0.1, 0.15) is 37.9 Å². The van der Waals surface area contributed by atoms with Crippen molar-refractivity contribution in [3.05, 3.63) is 35.5 Å². The van der Waals surface area contributed by atoms with Crippen LogP contribution in [0.3, 0.4) is 0 Å². The Morgan fingerprint density at radius 1 is 1.26 bits per heavy atom. The number of rotatable bonds is 6. The van der Waals surface area contributed by atoms with Gasteiger partial charge in [-0.3, -0.25) is 4.79 Å². The highest BCUT2D eigenvalue weighted by atomic mass is 16.1. The van der Waals surface area contributed by atoms with Crippen molar-refractivity contribution in [1.29, 1.82) is 0 Å². The smallest absolute Gasteiger partial charge is 0.216 e. The molecule has 3 nitrogen and oxygen atoms in total.